The summed E-state index contributed by atoms with van der Waals surface area (Å²) in [6, 6.07) is 14.5. The van der Waals surface area contributed by atoms with Gasteiger partial charge in [-0.25, -0.2) is 0 Å². The van der Waals surface area contributed by atoms with Crippen molar-refractivity contribution in [3.63, 3.8) is 0 Å². The monoisotopic (exact) mass is 297 g/mol. The maximum Gasteiger partial charge on any atom is 0.310 e. The Morgan fingerprint density at radius 1 is 1.23 bits per heavy atom. The Balaban J connectivity index is 1.70. The van der Waals surface area contributed by atoms with E-state index in [9.17, 15) is 9.59 Å². The lowest BCUT2D eigenvalue weighted by molar-refractivity contribution is -0.145. The van der Waals surface area contributed by atoms with E-state index in [0.717, 1.165) is 6.42 Å². The molecule has 1 unspecified atom stereocenters. The molecule has 0 aromatic heterocycles. The fourth-order valence-corrected chi connectivity index (χ4v) is 3.08. The average Bonchev–Trinajstić information content (AvgIpc) is 2.93. The van der Waals surface area contributed by atoms with Crippen LogP contribution in [0.1, 0.15) is 12.0 Å². The number of carbonyl (C=O) groups is 2. The molecule has 0 bridgehead atoms. The first kappa shape index (κ1) is 14.6. The summed E-state index contributed by atoms with van der Waals surface area (Å²) >= 11 is 0. The van der Waals surface area contributed by atoms with E-state index < -0.39 is 0 Å². The van der Waals surface area contributed by atoms with Crippen LogP contribution >= 0.6 is 0 Å². The van der Waals surface area contributed by atoms with Gasteiger partial charge >= 0.3 is 5.97 Å². The molecule has 4 nitrogen and oxygen atoms in total. The molecule has 1 heterocycles. The Labute approximate surface area is 129 Å². The zero-order chi connectivity index (χ0) is 15.5. The minimum absolute atomic E-state index is 0.0376. The molecule has 0 saturated carbocycles. The van der Waals surface area contributed by atoms with Gasteiger partial charge in [-0.3, -0.25) is 9.59 Å². The number of nitrogens with zero attached hydrogens (tertiary/aromatic N) is 1. The van der Waals surface area contributed by atoms with E-state index in [1.807, 2.05) is 18.2 Å². The van der Waals surface area contributed by atoms with Crippen molar-refractivity contribution in [1.82, 2.24) is 4.90 Å². The number of methoxy groups -OCH3 is 1. The number of esters is 1. The van der Waals surface area contributed by atoms with Crippen LogP contribution in [0, 0.1) is 5.92 Å². The van der Waals surface area contributed by atoms with Crippen molar-refractivity contribution in [1.29, 1.82) is 0 Å². The number of ether oxygens (including phenoxy) is 1. The van der Waals surface area contributed by atoms with Crippen molar-refractivity contribution in [2.45, 2.75) is 12.8 Å². The highest BCUT2D eigenvalue weighted by Crippen LogP contribution is 2.22. The predicted molar refractivity (Wildman–Crippen MR) is 84.4 cm³/mol. The zero-order valence-corrected chi connectivity index (χ0v) is 12.6. The maximum atomic E-state index is 12.0. The molecule has 114 valence electrons. The summed E-state index contributed by atoms with van der Waals surface area (Å²) in [7, 11) is 1.37. The lowest BCUT2D eigenvalue weighted by atomic mass is 10.0. The molecule has 1 saturated heterocycles. The van der Waals surface area contributed by atoms with E-state index >= 15 is 0 Å². The summed E-state index contributed by atoms with van der Waals surface area (Å²) in [5, 5.41) is 2.43. The van der Waals surface area contributed by atoms with Crippen molar-refractivity contribution in [2.24, 2.45) is 5.92 Å². The predicted octanol–water partition coefficient (Wildman–Crippen LogP) is 2.40. The molecule has 2 aromatic rings. The molecule has 0 N–H and O–H groups in total. The Hall–Kier alpha value is -2.36. The number of hydrogen-bond acceptors (Lipinski definition) is 3. The Bertz CT molecular complexity index is 705. The van der Waals surface area contributed by atoms with Crippen molar-refractivity contribution in [3.05, 3.63) is 48.0 Å². The van der Waals surface area contributed by atoms with Crippen LogP contribution in [0.25, 0.3) is 10.8 Å². The first-order chi connectivity index (χ1) is 10.7. The third-order valence-corrected chi connectivity index (χ3v) is 4.28. The molecule has 1 aliphatic rings. The maximum absolute atomic E-state index is 12.0. The third kappa shape index (κ3) is 2.82. The van der Waals surface area contributed by atoms with Gasteiger partial charge in [-0.1, -0.05) is 42.5 Å². The van der Waals surface area contributed by atoms with Crippen LogP contribution in [-0.4, -0.2) is 37.0 Å². The van der Waals surface area contributed by atoms with E-state index in [0.29, 0.717) is 13.1 Å². The summed E-state index contributed by atoms with van der Waals surface area (Å²) in [6.45, 7) is 1.11. The van der Waals surface area contributed by atoms with E-state index in [-0.39, 0.29) is 24.2 Å². The van der Waals surface area contributed by atoms with Gasteiger partial charge in [-0.05, 0) is 22.8 Å². The van der Waals surface area contributed by atoms with Crippen LogP contribution in [0.3, 0.4) is 0 Å². The zero-order valence-electron chi connectivity index (χ0n) is 12.6. The molecule has 0 spiro atoms. The van der Waals surface area contributed by atoms with E-state index in [2.05, 4.69) is 24.3 Å². The molecule has 4 heteroatoms. The number of likely N-dealkylation sites (tertiary alicyclic amines) is 1. The number of carbonyl (C=O) groups excluding carboxylic acids is 2. The lowest BCUT2D eigenvalue weighted by Crippen LogP contribution is -2.28. The van der Waals surface area contributed by atoms with Crippen LogP contribution < -0.4 is 0 Å². The molecule has 1 atom stereocenters. The fraction of sp³-hybridized carbons (Fsp3) is 0.333. The molecule has 1 fully saturated rings. The lowest BCUT2D eigenvalue weighted by Gasteiger charge is -2.17. The topological polar surface area (TPSA) is 46.6 Å². The second kappa shape index (κ2) is 6.18. The van der Waals surface area contributed by atoms with Gasteiger partial charge in [0.1, 0.15) is 0 Å². The first-order valence-electron chi connectivity index (χ1n) is 7.51. The quantitative estimate of drug-likeness (QED) is 0.814. The molecule has 22 heavy (non-hydrogen) atoms. The van der Waals surface area contributed by atoms with Crippen LogP contribution in [0.15, 0.2) is 42.5 Å². The smallest absolute Gasteiger partial charge is 0.310 e. The van der Waals surface area contributed by atoms with E-state index in [1.165, 1.54) is 23.4 Å². The number of benzene rings is 2. The summed E-state index contributed by atoms with van der Waals surface area (Å²) in [4.78, 5) is 25.3. The van der Waals surface area contributed by atoms with Gasteiger partial charge in [0.2, 0.25) is 5.91 Å². The second-order valence-corrected chi connectivity index (χ2v) is 5.65. The highest BCUT2D eigenvalue weighted by Gasteiger charge is 2.34. The summed E-state index contributed by atoms with van der Waals surface area (Å²) in [6.07, 6.45) is 1.06. The molecular formula is C18H19NO3. The van der Waals surface area contributed by atoms with Crippen molar-refractivity contribution in [3.8, 4) is 0 Å². The molecule has 1 aliphatic heterocycles. The summed E-state index contributed by atoms with van der Waals surface area (Å²) in [5.74, 6) is -0.568. The van der Waals surface area contributed by atoms with Crippen LogP contribution in [0.4, 0.5) is 0 Å². The van der Waals surface area contributed by atoms with Crippen LogP contribution in [0.2, 0.25) is 0 Å². The molecule has 3 rings (SSSR count). The van der Waals surface area contributed by atoms with Crippen molar-refractivity contribution in [2.75, 3.05) is 20.2 Å². The molecule has 1 amide bonds. The number of hydrogen-bond donors (Lipinski definition) is 0. The van der Waals surface area contributed by atoms with Gasteiger partial charge in [0, 0.05) is 19.5 Å². The van der Waals surface area contributed by atoms with Gasteiger partial charge in [-0.15, -0.1) is 0 Å². The average molecular weight is 297 g/mol. The summed E-state index contributed by atoms with van der Waals surface area (Å²) < 4.78 is 4.73. The molecular weight excluding hydrogens is 278 g/mol. The van der Waals surface area contributed by atoms with Gasteiger partial charge in [0.15, 0.2) is 0 Å². The normalized spacial score (nSPS) is 18.0. The van der Waals surface area contributed by atoms with Crippen LogP contribution in [-0.2, 0) is 20.7 Å². The van der Waals surface area contributed by atoms with Crippen LogP contribution in [0.5, 0.6) is 0 Å². The fourth-order valence-electron chi connectivity index (χ4n) is 3.08. The highest BCUT2D eigenvalue weighted by atomic mass is 16.5. The van der Waals surface area contributed by atoms with Gasteiger partial charge < -0.3 is 9.64 Å². The Morgan fingerprint density at radius 3 is 2.82 bits per heavy atom. The van der Waals surface area contributed by atoms with E-state index in [1.54, 1.807) is 4.90 Å². The third-order valence-electron chi connectivity index (χ3n) is 4.28. The highest BCUT2D eigenvalue weighted by molar-refractivity contribution is 5.87. The van der Waals surface area contributed by atoms with Gasteiger partial charge in [0.05, 0.1) is 13.0 Å². The Morgan fingerprint density at radius 2 is 2.00 bits per heavy atom. The molecule has 0 radical (unpaired) electrons. The van der Waals surface area contributed by atoms with Crippen molar-refractivity contribution >= 4 is 22.6 Å². The number of amides is 1. The summed E-state index contributed by atoms with van der Waals surface area (Å²) in [5.41, 5.74) is 1.23. The Kier molecular flexibility index (Phi) is 4.09. The standard InChI is InChI=1S/C18H19NO3/c1-22-18(21)15-11-17(20)19(12-15)10-9-14-7-4-6-13-5-2-3-8-16(13)14/h2-8,15H,9-12H2,1H3. The molecule has 2 aromatic carbocycles. The number of fused-ring (bicyclic) bond motifs is 1. The van der Waals surface area contributed by atoms with Gasteiger partial charge in [-0.2, -0.15) is 0 Å². The van der Waals surface area contributed by atoms with E-state index in [4.69, 9.17) is 4.74 Å². The molecule has 0 aliphatic carbocycles. The SMILES string of the molecule is COC(=O)C1CC(=O)N(CCc2cccc3ccccc23)C1. The van der Waals surface area contributed by atoms with Crippen molar-refractivity contribution < 1.29 is 14.3 Å². The minimum atomic E-state index is -0.315. The van der Waals surface area contributed by atoms with Gasteiger partial charge in [0.25, 0.3) is 0 Å². The largest absolute Gasteiger partial charge is 0.469 e. The number of rotatable bonds is 4. The second-order valence-electron chi connectivity index (χ2n) is 5.65. The first-order valence-corrected chi connectivity index (χ1v) is 7.51. The minimum Gasteiger partial charge on any atom is -0.469 e.